The molecule has 1 fully saturated rings. The number of likely N-dealkylation sites (N-methyl/N-ethyl adjacent to an activating group) is 1. The van der Waals surface area contributed by atoms with Gasteiger partial charge in [-0.3, -0.25) is 9.69 Å². The molecule has 1 atom stereocenters. The fourth-order valence-corrected chi connectivity index (χ4v) is 3.52. The van der Waals surface area contributed by atoms with Crippen LogP contribution in [-0.2, 0) is 16.9 Å². The van der Waals surface area contributed by atoms with Crippen LogP contribution in [0.2, 0.25) is 0 Å². The molecule has 1 aliphatic heterocycles. The summed E-state index contributed by atoms with van der Waals surface area (Å²) in [5.74, 6) is 0.0764. The van der Waals surface area contributed by atoms with Crippen LogP contribution in [0.1, 0.15) is 24.0 Å². The van der Waals surface area contributed by atoms with E-state index in [2.05, 4.69) is 12.1 Å². The van der Waals surface area contributed by atoms with Crippen LogP contribution in [0.3, 0.4) is 0 Å². The minimum Gasteiger partial charge on any atom is -0.383 e. The number of nitrogens with zero attached hydrogens (tertiary/aromatic N) is 2. The molecular formula is C21H26N2O2. The number of aliphatic hydroxyl groups is 1. The van der Waals surface area contributed by atoms with Gasteiger partial charge in [-0.1, -0.05) is 60.7 Å². The van der Waals surface area contributed by atoms with Crippen LogP contribution in [-0.4, -0.2) is 47.5 Å². The van der Waals surface area contributed by atoms with E-state index >= 15 is 0 Å². The molecule has 0 aliphatic carbocycles. The fourth-order valence-electron chi connectivity index (χ4n) is 3.52. The topological polar surface area (TPSA) is 43.8 Å². The zero-order chi connectivity index (χ0) is 17.7. The van der Waals surface area contributed by atoms with Crippen molar-refractivity contribution in [2.75, 3.05) is 26.7 Å². The average molecular weight is 338 g/mol. The minimum atomic E-state index is -0.937. The Labute approximate surface area is 149 Å². The quantitative estimate of drug-likeness (QED) is 0.911. The predicted molar refractivity (Wildman–Crippen MR) is 98.9 cm³/mol. The molecule has 0 radical (unpaired) electrons. The van der Waals surface area contributed by atoms with E-state index in [-0.39, 0.29) is 5.91 Å². The number of amides is 1. The zero-order valence-corrected chi connectivity index (χ0v) is 14.8. The van der Waals surface area contributed by atoms with Crippen molar-refractivity contribution in [3.8, 4) is 0 Å². The number of hydrogen-bond acceptors (Lipinski definition) is 3. The van der Waals surface area contributed by atoms with Crippen LogP contribution in [0, 0.1) is 0 Å². The van der Waals surface area contributed by atoms with Gasteiger partial charge in [0.05, 0.1) is 13.1 Å². The first-order chi connectivity index (χ1) is 12.1. The normalized spacial score (nSPS) is 20.7. The lowest BCUT2D eigenvalue weighted by atomic mass is 9.86. The highest BCUT2D eigenvalue weighted by atomic mass is 16.3. The lowest BCUT2D eigenvalue weighted by molar-refractivity contribution is -0.139. The van der Waals surface area contributed by atoms with Crippen molar-refractivity contribution < 1.29 is 9.90 Å². The number of likely N-dealkylation sites (tertiary alicyclic amines) is 1. The zero-order valence-electron chi connectivity index (χ0n) is 14.8. The molecule has 0 bridgehead atoms. The average Bonchev–Trinajstić information content (AvgIpc) is 2.63. The second kappa shape index (κ2) is 7.81. The van der Waals surface area contributed by atoms with Gasteiger partial charge in [0, 0.05) is 13.1 Å². The second-order valence-electron chi connectivity index (χ2n) is 6.97. The molecule has 1 amide bonds. The van der Waals surface area contributed by atoms with E-state index in [0.717, 1.165) is 18.5 Å². The van der Waals surface area contributed by atoms with Crippen LogP contribution in [0.5, 0.6) is 0 Å². The maximum atomic E-state index is 12.7. The molecule has 2 aromatic rings. The predicted octanol–water partition coefficient (Wildman–Crippen LogP) is 2.63. The number of hydrogen-bond donors (Lipinski definition) is 1. The summed E-state index contributed by atoms with van der Waals surface area (Å²) in [5, 5.41) is 11.0. The van der Waals surface area contributed by atoms with Crippen molar-refractivity contribution in [2.45, 2.75) is 25.0 Å². The summed E-state index contributed by atoms with van der Waals surface area (Å²) >= 11 is 0. The van der Waals surface area contributed by atoms with E-state index in [9.17, 15) is 9.90 Å². The van der Waals surface area contributed by atoms with Crippen LogP contribution < -0.4 is 0 Å². The minimum absolute atomic E-state index is 0.0764. The van der Waals surface area contributed by atoms with Gasteiger partial charge in [0.2, 0.25) is 5.91 Å². The van der Waals surface area contributed by atoms with Crippen LogP contribution >= 0.6 is 0 Å². The summed E-state index contributed by atoms with van der Waals surface area (Å²) in [4.78, 5) is 16.5. The van der Waals surface area contributed by atoms with Gasteiger partial charge in [-0.15, -0.1) is 0 Å². The molecule has 0 aromatic heterocycles. The van der Waals surface area contributed by atoms with E-state index < -0.39 is 5.60 Å². The Kier molecular flexibility index (Phi) is 5.51. The highest BCUT2D eigenvalue weighted by Crippen LogP contribution is 2.31. The number of carbonyl (C=O) groups is 1. The van der Waals surface area contributed by atoms with E-state index in [1.807, 2.05) is 60.5 Å². The van der Waals surface area contributed by atoms with Gasteiger partial charge in [0.15, 0.2) is 0 Å². The third-order valence-electron chi connectivity index (χ3n) is 4.84. The van der Waals surface area contributed by atoms with Crippen molar-refractivity contribution in [1.29, 1.82) is 0 Å². The highest BCUT2D eigenvalue weighted by Gasteiger charge is 2.36. The summed E-state index contributed by atoms with van der Waals surface area (Å²) in [7, 11) is 1.96. The van der Waals surface area contributed by atoms with Gasteiger partial charge in [-0.25, -0.2) is 0 Å². The molecule has 3 rings (SSSR count). The first-order valence-electron chi connectivity index (χ1n) is 8.85. The Bertz CT molecular complexity index is 690. The monoisotopic (exact) mass is 338 g/mol. The largest absolute Gasteiger partial charge is 0.383 e. The number of carbonyl (C=O) groups excluding carboxylic acids is 1. The highest BCUT2D eigenvalue weighted by molar-refractivity contribution is 5.78. The van der Waals surface area contributed by atoms with Crippen molar-refractivity contribution in [1.82, 2.24) is 9.80 Å². The van der Waals surface area contributed by atoms with Gasteiger partial charge in [-0.2, -0.15) is 0 Å². The first-order valence-corrected chi connectivity index (χ1v) is 8.85. The number of piperidine rings is 1. The molecule has 1 saturated heterocycles. The van der Waals surface area contributed by atoms with E-state index in [1.165, 1.54) is 5.56 Å². The maximum absolute atomic E-state index is 12.7. The van der Waals surface area contributed by atoms with Crippen LogP contribution in [0.15, 0.2) is 60.7 Å². The summed E-state index contributed by atoms with van der Waals surface area (Å²) in [6.45, 7) is 2.19. The Morgan fingerprint density at radius 2 is 1.76 bits per heavy atom. The molecule has 25 heavy (non-hydrogen) atoms. The van der Waals surface area contributed by atoms with Crippen molar-refractivity contribution in [3.63, 3.8) is 0 Å². The number of benzene rings is 2. The second-order valence-corrected chi connectivity index (χ2v) is 6.97. The SMILES string of the molecule is CN(CC(=O)N1CCCC(O)(c2ccccc2)C1)Cc1ccccc1. The third-order valence-corrected chi connectivity index (χ3v) is 4.84. The van der Waals surface area contributed by atoms with E-state index in [0.29, 0.717) is 26.1 Å². The van der Waals surface area contributed by atoms with Gasteiger partial charge in [0.1, 0.15) is 5.60 Å². The van der Waals surface area contributed by atoms with Crippen molar-refractivity contribution in [2.24, 2.45) is 0 Å². The lowest BCUT2D eigenvalue weighted by Crippen LogP contribution is -2.50. The Morgan fingerprint density at radius 1 is 1.12 bits per heavy atom. The summed E-state index contributed by atoms with van der Waals surface area (Å²) in [5.41, 5.74) is 1.15. The smallest absolute Gasteiger partial charge is 0.236 e. The molecule has 1 heterocycles. The molecule has 2 aromatic carbocycles. The van der Waals surface area contributed by atoms with Gasteiger partial charge < -0.3 is 10.0 Å². The molecule has 1 N–H and O–H groups in total. The number of rotatable bonds is 5. The summed E-state index contributed by atoms with van der Waals surface area (Å²) < 4.78 is 0. The molecule has 132 valence electrons. The van der Waals surface area contributed by atoms with Gasteiger partial charge in [0.25, 0.3) is 0 Å². The lowest BCUT2D eigenvalue weighted by Gasteiger charge is -2.40. The molecular weight excluding hydrogens is 312 g/mol. The summed E-state index contributed by atoms with van der Waals surface area (Å²) in [6.07, 6.45) is 1.51. The maximum Gasteiger partial charge on any atom is 0.236 e. The third kappa shape index (κ3) is 4.47. The van der Waals surface area contributed by atoms with E-state index in [4.69, 9.17) is 0 Å². The Morgan fingerprint density at radius 3 is 2.44 bits per heavy atom. The summed E-state index contributed by atoms with van der Waals surface area (Å²) in [6, 6.07) is 19.8. The number of β-amino-alcohol motifs (C(OH)–C–C–N with tert-alkyl or cyclic N) is 1. The van der Waals surface area contributed by atoms with Crippen molar-refractivity contribution >= 4 is 5.91 Å². The van der Waals surface area contributed by atoms with Gasteiger partial charge >= 0.3 is 0 Å². The fraction of sp³-hybridized carbons (Fsp3) is 0.381. The van der Waals surface area contributed by atoms with Crippen molar-refractivity contribution in [3.05, 3.63) is 71.8 Å². The standard InChI is InChI=1S/C21H26N2O2/c1-22(15-18-9-4-2-5-10-18)16-20(24)23-14-8-13-21(25,17-23)19-11-6-3-7-12-19/h2-7,9-12,25H,8,13-17H2,1H3. The Balaban J connectivity index is 1.60. The van der Waals surface area contributed by atoms with Crippen LogP contribution in [0.25, 0.3) is 0 Å². The molecule has 0 spiro atoms. The Hall–Kier alpha value is -2.17. The van der Waals surface area contributed by atoms with Gasteiger partial charge in [-0.05, 0) is 31.0 Å². The molecule has 0 saturated carbocycles. The van der Waals surface area contributed by atoms with E-state index in [1.54, 1.807) is 4.90 Å². The first kappa shape index (κ1) is 17.6. The molecule has 4 nitrogen and oxygen atoms in total. The van der Waals surface area contributed by atoms with Crippen LogP contribution in [0.4, 0.5) is 0 Å². The molecule has 1 unspecified atom stereocenters. The molecule has 1 aliphatic rings. The molecule has 4 heteroatoms.